The first-order chi connectivity index (χ1) is 22.6. The molecule has 0 bridgehead atoms. The second-order valence-corrected chi connectivity index (χ2v) is 13.1. The van der Waals surface area contributed by atoms with Crippen molar-refractivity contribution in [3.05, 3.63) is 65.9 Å². The lowest BCUT2D eigenvalue weighted by atomic mass is 9.78. The van der Waals surface area contributed by atoms with Crippen molar-refractivity contribution < 1.29 is 69.3 Å². The standard InChI is InChI=1S/C26H31N3O5S.2C2HF3O2/c1-19-14-20(23-6-3-4-7-24(23)27-19)16-34-21-8-10-22(11-9-21)35(32,33)18-26(15-25(30)28-31)12-5-13-29(2)17-26;2*3-2(4,5)1(6)7/h3-4,6-11,14,31H,5,12-13,15-18H2,1-2H3,(H,28,30);2*(H,6,7). The maximum absolute atomic E-state index is 13.3. The number of benzene rings is 2. The molecule has 19 heteroatoms. The van der Waals surface area contributed by atoms with E-state index in [-0.39, 0.29) is 17.1 Å². The number of nitrogens with one attached hydrogen (secondary N) is 1. The molecule has 1 aliphatic rings. The van der Waals surface area contributed by atoms with Gasteiger partial charge in [-0.2, -0.15) is 26.3 Å². The van der Waals surface area contributed by atoms with Crippen LogP contribution in [0.25, 0.3) is 10.9 Å². The Bertz CT molecular complexity index is 1690. The maximum atomic E-state index is 13.3. The number of carbonyl (C=O) groups excluding carboxylic acids is 1. The van der Waals surface area contributed by atoms with Crippen LogP contribution in [-0.4, -0.2) is 89.8 Å². The third kappa shape index (κ3) is 12.8. The van der Waals surface area contributed by atoms with E-state index in [2.05, 4.69) is 4.98 Å². The van der Waals surface area contributed by atoms with Crippen LogP contribution in [0.15, 0.2) is 59.5 Å². The van der Waals surface area contributed by atoms with E-state index in [1.807, 2.05) is 49.2 Å². The van der Waals surface area contributed by atoms with E-state index in [4.69, 9.17) is 29.7 Å². The minimum Gasteiger partial charge on any atom is -0.489 e. The summed E-state index contributed by atoms with van der Waals surface area (Å²) < 4.78 is 96.0. The van der Waals surface area contributed by atoms with Gasteiger partial charge in [0.2, 0.25) is 5.91 Å². The molecule has 2 heterocycles. The molecular weight excluding hydrogens is 692 g/mol. The topological polar surface area (TPSA) is 183 Å². The number of piperidine rings is 1. The minimum atomic E-state index is -5.08. The predicted molar refractivity (Wildman–Crippen MR) is 160 cm³/mol. The number of rotatable bonds is 8. The van der Waals surface area contributed by atoms with Gasteiger partial charge >= 0.3 is 24.3 Å². The Hall–Kier alpha value is -4.49. The average Bonchev–Trinajstić information content (AvgIpc) is 2.99. The van der Waals surface area contributed by atoms with Gasteiger partial charge in [0.05, 0.1) is 16.2 Å². The van der Waals surface area contributed by atoms with Crippen molar-refractivity contribution in [2.24, 2.45) is 5.41 Å². The van der Waals surface area contributed by atoms with Crippen LogP contribution in [-0.2, 0) is 30.8 Å². The van der Waals surface area contributed by atoms with Crippen LogP contribution < -0.4 is 10.2 Å². The second-order valence-electron chi connectivity index (χ2n) is 11.1. The highest BCUT2D eigenvalue weighted by molar-refractivity contribution is 7.91. The molecule has 4 rings (SSSR count). The second kappa shape index (κ2) is 16.8. The van der Waals surface area contributed by atoms with Crippen LogP contribution in [0, 0.1) is 12.3 Å². The molecule has 49 heavy (non-hydrogen) atoms. The number of ether oxygens (including phenoxy) is 1. The molecule has 0 radical (unpaired) electrons. The molecule has 2 aromatic carbocycles. The number of halogens is 6. The fraction of sp³-hybridized carbons (Fsp3) is 0.400. The van der Waals surface area contributed by atoms with Crippen molar-refractivity contribution in [3.8, 4) is 5.75 Å². The Labute approximate surface area is 276 Å². The number of hydrogen-bond donors (Lipinski definition) is 4. The zero-order valence-corrected chi connectivity index (χ0v) is 26.8. The number of hydroxylamine groups is 1. The molecule has 1 aromatic heterocycles. The predicted octanol–water partition coefficient (Wildman–Crippen LogP) is 4.77. The van der Waals surface area contributed by atoms with E-state index in [0.29, 0.717) is 25.3 Å². The van der Waals surface area contributed by atoms with Gasteiger partial charge in [-0.3, -0.25) is 15.0 Å². The van der Waals surface area contributed by atoms with Crippen molar-refractivity contribution >= 4 is 38.6 Å². The number of alkyl halides is 6. The van der Waals surface area contributed by atoms with Gasteiger partial charge in [-0.1, -0.05) is 18.2 Å². The molecule has 1 unspecified atom stereocenters. The molecule has 0 aliphatic carbocycles. The monoisotopic (exact) mass is 725 g/mol. The number of aryl methyl sites for hydroxylation is 1. The Balaban J connectivity index is 0.000000500. The summed E-state index contributed by atoms with van der Waals surface area (Å²) in [5, 5.41) is 24.3. The number of aromatic nitrogens is 1. The summed E-state index contributed by atoms with van der Waals surface area (Å²) in [4.78, 5) is 36.5. The molecule has 1 atom stereocenters. The summed E-state index contributed by atoms with van der Waals surface area (Å²) in [5.41, 5.74) is 3.72. The summed E-state index contributed by atoms with van der Waals surface area (Å²) >= 11 is 0. The first kappa shape index (κ1) is 40.7. The van der Waals surface area contributed by atoms with E-state index in [9.17, 15) is 39.6 Å². The van der Waals surface area contributed by atoms with Crippen molar-refractivity contribution in [1.82, 2.24) is 15.4 Å². The average molecular weight is 726 g/mol. The van der Waals surface area contributed by atoms with Crippen LogP contribution in [0.3, 0.4) is 0 Å². The number of carbonyl (C=O) groups is 3. The van der Waals surface area contributed by atoms with Crippen molar-refractivity contribution in [2.75, 3.05) is 25.9 Å². The highest BCUT2D eigenvalue weighted by Crippen LogP contribution is 2.36. The minimum absolute atomic E-state index is 0.0480. The van der Waals surface area contributed by atoms with Crippen LogP contribution in [0.5, 0.6) is 5.75 Å². The lowest BCUT2D eigenvalue weighted by Gasteiger charge is -2.40. The molecule has 12 nitrogen and oxygen atoms in total. The Morgan fingerprint density at radius 1 is 0.980 bits per heavy atom. The summed E-state index contributed by atoms with van der Waals surface area (Å²) in [6.45, 7) is 3.60. The largest absolute Gasteiger partial charge is 0.490 e. The Morgan fingerprint density at radius 3 is 2.04 bits per heavy atom. The zero-order valence-electron chi connectivity index (χ0n) is 26.0. The number of carboxylic acid groups (broad SMARTS) is 2. The van der Waals surface area contributed by atoms with Gasteiger partial charge in [0, 0.05) is 35.0 Å². The van der Waals surface area contributed by atoms with Gasteiger partial charge in [0.25, 0.3) is 0 Å². The Morgan fingerprint density at radius 2 is 1.53 bits per heavy atom. The number of pyridine rings is 1. The van der Waals surface area contributed by atoms with Gasteiger partial charge in [-0.15, -0.1) is 0 Å². The van der Waals surface area contributed by atoms with E-state index in [1.165, 1.54) is 0 Å². The molecule has 3 aromatic rings. The van der Waals surface area contributed by atoms with Crippen LogP contribution >= 0.6 is 0 Å². The Kier molecular flexibility index (Phi) is 13.9. The van der Waals surface area contributed by atoms with Crippen molar-refractivity contribution in [2.45, 2.75) is 50.0 Å². The summed E-state index contributed by atoms with van der Waals surface area (Å²) in [5.74, 6) is -5.69. The smallest absolute Gasteiger partial charge is 0.489 e. The molecule has 1 fully saturated rings. The number of fused-ring (bicyclic) bond motifs is 1. The fourth-order valence-electron chi connectivity index (χ4n) is 5.05. The molecule has 1 saturated heterocycles. The van der Waals surface area contributed by atoms with Crippen molar-refractivity contribution in [1.29, 1.82) is 0 Å². The number of sulfone groups is 1. The number of nitrogens with zero attached hydrogens (tertiary/aromatic N) is 2. The number of para-hydroxylation sites is 1. The molecular formula is C30H33F6N3O9S. The number of likely N-dealkylation sites (tertiary alicyclic amines) is 1. The highest BCUT2D eigenvalue weighted by Gasteiger charge is 2.41. The number of hydrogen-bond acceptors (Lipinski definition) is 9. The van der Waals surface area contributed by atoms with Crippen LogP contribution in [0.1, 0.15) is 30.5 Å². The normalized spacial score (nSPS) is 16.8. The lowest BCUT2D eigenvalue weighted by Crippen LogP contribution is -2.47. The van der Waals surface area contributed by atoms with Gasteiger partial charge in [0.15, 0.2) is 9.84 Å². The van der Waals surface area contributed by atoms with Crippen LogP contribution in [0.2, 0.25) is 0 Å². The van der Waals surface area contributed by atoms with Gasteiger partial charge < -0.3 is 19.8 Å². The van der Waals surface area contributed by atoms with E-state index in [1.54, 1.807) is 29.7 Å². The first-order valence-electron chi connectivity index (χ1n) is 14.1. The molecule has 270 valence electrons. The van der Waals surface area contributed by atoms with Gasteiger partial charge in [0.1, 0.15) is 12.4 Å². The third-order valence-corrected chi connectivity index (χ3v) is 8.98. The summed E-state index contributed by atoms with van der Waals surface area (Å²) in [6.07, 6.45) is -8.82. The molecule has 4 N–H and O–H groups in total. The van der Waals surface area contributed by atoms with E-state index >= 15 is 0 Å². The fourth-order valence-corrected chi connectivity index (χ4v) is 6.91. The lowest BCUT2D eigenvalue weighted by molar-refractivity contribution is -0.193. The molecule has 0 saturated carbocycles. The maximum Gasteiger partial charge on any atom is 0.490 e. The van der Waals surface area contributed by atoms with Gasteiger partial charge in [-0.25, -0.2) is 23.5 Å². The highest BCUT2D eigenvalue weighted by atomic mass is 32.2. The zero-order chi connectivity index (χ0) is 37.2. The summed E-state index contributed by atoms with van der Waals surface area (Å²) in [6, 6.07) is 16.3. The first-order valence-corrected chi connectivity index (χ1v) is 15.8. The van der Waals surface area contributed by atoms with E-state index < -0.39 is 45.5 Å². The number of aliphatic carboxylic acids is 2. The molecule has 1 amide bonds. The third-order valence-electron chi connectivity index (χ3n) is 7.00. The summed E-state index contributed by atoms with van der Waals surface area (Å²) in [7, 11) is -1.75. The molecule has 0 spiro atoms. The van der Waals surface area contributed by atoms with E-state index in [0.717, 1.165) is 35.1 Å². The number of carboxylic acids is 2. The molecule has 1 aliphatic heterocycles. The SMILES string of the molecule is Cc1cc(COc2ccc(S(=O)(=O)CC3(CC(=O)NO)CCCN(C)C3)cc2)c2ccccc2n1.O=C(O)C(F)(F)F.O=C(O)C(F)(F)F. The van der Waals surface area contributed by atoms with Gasteiger partial charge in [-0.05, 0) is 69.8 Å². The number of amides is 1. The van der Waals surface area contributed by atoms with Crippen LogP contribution in [0.4, 0.5) is 26.3 Å². The van der Waals surface area contributed by atoms with Crippen molar-refractivity contribution in [3.63, 3.8) is 0 Å². The quantitative estimate of drug-likeness (QED) is 0.143.